The van der Waals surface area contributed by atoms with Gasteiger partial charge in [0.2, 0.25) is 0 Å². The molecular formula is C20H21N2O5+. The molecule has 1 fully saturated rings. The van der Waals surface area contributed by atoms with Crippen molar-refractivity contribution >= 4 is 11.9 Å². The second kappa shape index (κ2) is 6.57. The third-order valence-electron chi connectivity index (χ3n) is 4.93. The summed E-state index contributed by atoms with van der Waals surface area (Å²) in [4.78, 5) is 23.9. The van der Waals surface area contributed by atoms with Crippen LogP contribution in [-0.4, -0.2) is 31.6 Å². The molecule has 0 spiro atoms. The number of fused-ring (bicyclic) bond motifs is 3. The van der Waals surface area contributed by atoms with Crippen molar-refractivity contribution in [2.45, 2.75) is 18.9 Å². The molecule has 3 atom stereocenters. The van der Waals surface area contributed by atoms with Crippen molar-refractivity contribution in [2.75, 3.05) is 13.7 Å². The van der Waals surface area contributed by atoms with E-state index < -0.39 is 0 Å². The Morgan fingerprint density at radius 2 is 2.00 bits per heavy atom. The van der Waals surface area contributed by atoms with Gasteiger partial charge in [-0.15, -0.1) is 0 Å². The number of ether oxygens (including phenoxy) is 3. The van der Waals surface area contributed by atoms with E-state index in [4.69, 9.17) is 14.2 Å². The number of aromatic nitrogens is 1. The number of nitrogens with zero attached hydrogens (tertiary/aromatic N) is 1. The van der Waals surface area contributed by atoms with Crippen molar-refractivity contribution in [3.63, 3.8) is 0 Å². The lowest BCUT2D eigenvalue weighted by Gasteiger charge is -2.11. The Morgan fingerprint density at radius 3 is 2.74 bits per heavy atom. The molecule has 0 bridgehead atoms. The molecule has 1 N–H and O–H groups in total. The molecule has 27 heavy (non-hydrogen) atoms. The van der Waals surface area contributed by atoms with Crippen molar-refractivity contribution in [1.82, 2.24) is 5.32 Å². The molecule has 1 saturated carbocycles. The second-order valence-corrected chi connectivity index (χ2v) is 6.63. The number of amides is 1. The smallest absolute Gasteiger partial charge is 0.315 e. The third-order valence-corrected chi connectivity index (χ3v) is 4.93. The average Bonchev–Trinajstić information content (AvgIpc) is 3.26. The van der Waals surface area contributed by atoms with Gasteiger partial charge in [0.05, 0.1) is 12.7 Å². The first-order chi connectivity index (χ1) is 13.0. The molecule has 140 valence electrons. The zero-order valence-corrected chi connectivity index (χ0v) is 15.4. The summed E-state index contributed by atoms with van der Waals surface area (Å²) in [5, 5.41) is 2.61. The number of aryl methyl sites for hydroxylation is 1. The summed E-state index contributed by atoms with van der Waals surface area (Å²) in [6.45, 7) is 2.16. The normalized spacial score (nSPS) is 21.5. The highest BCUT2D eigenvalue weighted by molar-refractivity contribution is 5.90. The Bertz CT molecular complexity index is 927. The van der Waals surface area contributed by atoms with Crippen LogP contribution in [0.4, 0.5) is 0 Å². The van der Waals surface area contributed by atoms with Crippen LogP contribution in [0.3, 0.4) is 0 Å². The van der Waals surface area contributed by atoms with Gasteiger partial charge in [0.1, 0.15) is 36.3 Å². The van der Waals surface area contributed by atoms with Gasteiger partial charge in [-0.05, 0) is 25.1 Å². The third kappa shape index (κ3) is 2.99. The number of hydrogen-bond donors (Lipinski definition) is 1. The van der Waals surface area contributed by atoms with Crippen molar-refractivity contribution in [3.05, 3.63) is 47.8 Å². The van der Waals surface area contributed by atoms with Crippen LogP contribution in [0, 0.1) is 5.92 Å². The number of esters is 1. The molecule has 2 aliphatic rings. The Labute approximate surface area is 156 Å². The van der Waals surface area contributed by atoms with E-state index >= 15 is 0 Å². The summed E-state index contributed by atoms with van der Waals surface area (Å²) in [7, 11) is 3.38. The van der Waals surface area contributed by atoms with Gasteiger partial charge < -0.3 is 19.5 Å². The van der Waals surface area contributed by atoms with Crippen LogP contribution < -0.4 is 19.4 Å². The van der Waals surface area contributed by atoms with Crippen LogP contribution in [-0.2, 0) is 16.6 Å². The van der Waals surface area contributed by atoms with Gasteiger partial charge in [0.25, 0.3) is 5.69 Å². The first kappa shape index (κ1) is 17.3. The number of pyridine rings is 1. The van der Waals surface area contributed by atoms with Crippen LogP contribution in [0.5, 0.6) is 17.2 Å². The van der Waals surface area contributed by atoms with E-state index in [1.165, 1.54) is 0 Å². The molecule has 1 aromatic heterocycles. The Morgan fingerprint density at radius 1 is 1.22 bits per heavy atom. The average molecular weight is 369 g/mol. The van der Waals surface area contributed by atoms with E-state index in [-0.39, 0.29) is 29.8 Å². The molecule has 1 aliphatic carbocycles. The summed E-state index contributed by atoms with van der Waals surface area (Å²) in [5.41, 5.74) is 1.45. The fourth-order valence-electron chi connectivity index (χ4n) is 3.53. The molecule has 7 nitrogen and oxygen atoms in total. The van der Waals surface area contributed by atoms with Crippen molar-refractivity contribution in [2.24, 2.45) is 13.0 Å². The minimum atomic E-state index is -0.233. The van der Waals surface area contributed by atoms with Crippen molar-refractivity contribution in [1.29, 1.82) is 0 Å². The van der Waals surface area contributed by atoms with E-state index in [0.29, 0.717) is 23.8 Å². The monoisotopic (exact) mass is 369 g/mol. The lowest BCUT2D eigenvalue weighted by Crippen LogP contribution is -2.39. The number of rotatable bonds is 5. The first-order valence-corrected chi connectivity index (χ1v) is 8.90. The van der Waals surface area contributed by atoms with Gasteiger partial charge in [-0.3, -0.25) is 9.59 Å². The Kier molecular flexibility index (Phi) is 4.22. The fraction of sp³-hybridized carbons (Fsp3) is 0.350. The van der Waals surface area contributed by atoms with Gasteiger partial charge in [-0.2, -0.15) is 4.57 Å². The minimum Gasteiger partial charge on any atom is -0.489 e. The molecule has 1 amide bonds. The number of benzene rings is 1. The zero-order chi connectivity index (χ0) is 19.1. The number of carbonyl (C=O) groups is 2. The van der Waals surface area contributed by atoms with E-state index in [2.05, 4.69) is 5.32 Å². The van der Waals surface area contributed by atoms with Gasteiger partial charge in [-0.1, -0.05) is 0 Å². The summed E-state index contributed by atoms with van der Waals surface area (Å²) in [6, 6.07) is 9.03. The summed E-state index contributed by atoms with van der Waals surface area (Å²) < 4.78 is 18.6. The highest BCUT2D eigenvalue weighted by atomic mass is 16.5. The molecule has 0 radical (unpaired) electrons. The lowest BCUT2D eigenvalue weighted by molar-refractivity contribution is -0.673. The maximum Gasteiger partial charge on any atom is 0.315 e. The van der Waals surface area contributed by atoms with E-state index in [0.717, 1.165) is 11.3 Å². The quantitative estimate of drug-likeness (QED) is 0.641. The standard InChI is InChI=1S/C20H20N2O5/c1-4-25-20(24)17-16-13-9-11(5-6-15(13)27-18(16)17)26-12-7-8-22(3)14(10-12)19(23)21-2/h5-10,16-18H,4H2,1-3H3/p+1. The van der Waals surface area contributed by atoms with Gasteiger partial charge >= 0.3 is 11.9 Å². The van der Waals surface area contributed by atoms with Crippen LogP contribution in [0.25, 0.3) is 0 Å². The van der Waals surface area contributed by atoms with Crippen LogP contribution >= 0.6 is 0 Å². The number of nitrogens with one attached hydrogen (secondary N) is 1. The SMILES string of the molecule is CCOC(=O)C1C2Oc3ccc(Oc4cc[n+](C)c(C(=O)NC)c4)cc3C21. The van der Waals surface area contributed by atoms with Crippen LogP contribution in [0.15, 0.2) is 36.5 Å². The number of hydrogen-bond acceptors (Lipinski definition) is 5. The highest BCUT2D eigenvalue weighted by Crippen LogP contribution is 2.59. The predicted molar refractivity (Wildman–Crippen MR) is 94.8 cm³/mol. The minimum absolute atomic E-state index is 0.0256. The van der Waals surface area contributed by atoms with E-state index in [9.17, 15) is 9.59 Å². The Hall–Kier alpha value is -3.09. The predicted octanol–water partition coefficient (Wildman–Crippen LogP) is 1.70. The van der Waals surface area contributed by atoms with Gasteiger partial charge in [0.15, 0.2) is 6.20 Å². The summed E-state index contributed by atoms with van der Waals surface area (Å²) in [6.07, 6.45) is 1.63. The summed E-state index contributed by atoms with van der Waals surface area (Å²) in [5.74, 6) is 1.35. The maximum absolute atomic E-state index is 12.0. The Balaban J connectivity index is 1.54. The molecule has 4 rings (SSSR count). The molecular weight excluding hydrogens is 348 g/mol. The first-order valence-electron chi connectivity index (χ1n) is 8.90. The molecule has 7 heteroatoms. The second-order valence-electron chi connectivity index (χ2n) is 6.63. The van der Waals surface area contributed by atoms with Gasteiger partial charge in [0, 0.05) is 24.6 Å². The van der Waals surface area contributed by atoms with Crippen molar-refractivity contribution in [3.8, 4) is 17.2 Å². The summed E-state index contributed by atoms with van der Waals surface area (Å²) >= 11 is 0. The molecule has 1 aliphatic heterocycles. The highest BCUT2D eigenvalue weighted by Gasteiger charge is 2.63. The molecule has 0 saturated heterocycles. The number of carbonyl (C=O) groups excluding carboxylic acids is 2. The van der Waals surface area contributed by atoms with Crippen LogP contribution in [0.2, 0.25) is 0 Å². The molecule has 3 unspecified atom stereocenters. The lowest BCUT2D eigenvalue weighted by atomic mass is 10.1. The largest absolute Gasteiger partial charge is 0.489 e. The van der Waals surface area contributed by atoms with Gasteiger partial charge in [-0.25, -0.2) is 0 Å². The molecule has 2 heterocycles. The molecule has 1 aromatic carbocycles. The van der Waals surface area contributed by atoms with E-state index in [1.807, 2.05) is 18.2 Å². The van der Waals surface area contributed by atoms with Crippen LogP contribution in [0.1, 0.15) is 28.9 Å². The maximum atomic E-state index is 12.0. The zero-order valence-electron chi connectivity index (χ0n) is 15.4. The molecule has 2 aromatic rings. The fourth-order valence-corrected chi connectivity index (χ4v) is 3.53. The van der Waals surface area contributed by atoms with E-state index in [1.54, 1.807) is 43.9 Å². The van der Waals surface area contributed by atoms with Crippen molar-refractivity contribution < 1.29 is 28.4 Å². The topological polar surface area (TPSA) is 77.7 Å².